The normalized spacial score (nSPS) is 11.3. The molecule has 0 aliphatic rings. The number of nitrogens with zero attached hydrogens (tertiary/aromatic N) is 3. The molecule has 0 aliphatic heterocycles. The Labute approximate surface area is 186 Å². The van der Waals surface area contributed by atoms with Gasteiger partial charge in [0, 0.05) is 35.7 Å². The first-order valence-electron chi connectivity index (χ1n) is 9.12. The van der Waals surface area contributed by atoms with E-state index < -0.39 is 20.9 Å². The Morgan fingerprint density at radius 1 is 1.12 bits per heavy atom. The average molecular weight is 470 g/mol. The molecule has 12 heteroatoms. The van der Waals surface area contributed by atoms with Crippen molar-refractivity contribution in [1.29, 1.82) is 0 Å². The van der Waals surface area contributed by atoms with Crippen LogP contribution >= 0.6 is 11.3 Å². The number of carbonyl (C=O) groups excluding carboxylic acids is 1. The highest BCUT2D eigenvalue weighted by Crippen LogP contribution is 2.38. The van der Waals surface area contributed by atoms with E-state index in [-0.39, 0.29) is 10.6 Å². The van der Waals surface area contributed by atoms with Crippen LogP contribution < -0.4 is 10.0 Å². The molecular formula is C20H15N5O5S2. The maximum Gasteiger partial charge on any atom is 0.270 e. The number of nitrogens with one attached hydrogen (secondary N) is 2. The fourth-order valence-electron chi connectivity index (χ4n) is 3.07. The summed E-state index contributed by atoms with van der Waals surface area (Å²) in [5, 5.41) is 16.8. The van der Waals surface area contributed by atoms with Crippen LogP contribution in [0.2, 0.25) is 0 Å². The number of carbonyl (C=O) groups is 1. The lowest BCUT2D eigenvalue weighted by molar-refractivity contribution is -0.384. The van der Waals surface area contributed by atoms with Crippen molar-refractivity contribution in [2.75, 3.05) is 5.32 Å². The van der Waals surface area contributed by atoms with E-state index in [0.29, 0.717) is 27.3 Å². The van der Waals surface area contributed by atoms with Crippen LogP contribution in [0.1, 0.15) is 6.92 Å². The summed E-state index contributed by atoms with van der Waals surface area (Å²) >= 11 is 1.38. The molecule has 2 heterocycles. The van der Waals surface area contributed by atoms with Gasteiger partial charge < -0.3 is 5.32 Å². The van der Waals surface area contributed by atoms with Crippen molar-refractivity contribution in [2.24, 2.45) is 0 Å². The van der Waals surface area contributed by atoms with E-state index in [1.165, 1.54) is 41.9 Å². The zero-order valence-electron chi connectivity index (χ0n) is 16.5. The number of thiophene rings is 1. The third kappa shape index (κ3) is 4.26. The van der Waals surface area contributed by atoms with Gasteiger partial charge in [-0.1, -0.05) is 12.1 Å². The number of anilines is 2. The molecule has 0 bridgehead atoms. The molecule has 0 aliphatic carbocycles. The second kappa shape index (κ2) is 8.32. The van der Waals surface area contributed by atoms with Crippen LogP contribution in [-0.4, -0.2) is 29.2 Å². The van der Waals surface area contributed by atoms with Crippen LogP contribution in [0.4, 0.5) is 17.2 Å². The zero-order valence-corrected chi connectivity index (χ0v) is 18.1. The number of sulfonamides is 1. The molecule has 162 valence electrons. The molecule has 32 heavy (non-hydrogen) atoms. The molecule has 1 amide bonds. The number of fused-ring (bicyclic) bond motifs is 1. The van der Waals surface area contributed by atoms with Crippen molar-refractivity contribution in [3.63, 3.8) is 0 Å². The van der Waals surface area contributed by atoms with Gasteiger partial charge in [-0.25, -0.2) is 23.1 Å². The van der Waals surface area contributed by atoms with Crippen molar-refractivity contribution in [3.8, 4) is 11.1 Å². The molecule has 4 rings (SSSR count). The van der Waals surface area contributed by atoms with Crippen molar-refractivity contribution in [1.82, 2.24) is 14.7 Å². The summed E-state index contributed by atoms with van der Waals surface area (Å²) in [4.78, 5) is 31.0. The molecular weight excluding hydrogens is 454 g/mol. The largest absolute Gasteiger partial charge is 0.340 e. The molecule has 2 N–H and O–H groups in total. The Kier molecular flexibility index (Phi) is 5.55. The van der Waals surface area contributed by atoms with E-state index >= 15 is 0 Å². The maximum atomic E-state index is 12.1. The van der Waals surface area contributed by atoms with E-state index in [2.05, 4.69) is 15.3 Å². The Balaban J connectivity index is 1.70. The van der Waals surface area contributed by atoms with Gasteiger partial charge in [0.05, 0.1) is 15.2 Å². The molecule has 10 nitrogen and oxygen atoms in total. The fourth-order valence-corrected chi connectivity index (χ4v) is 4.98. The summed E-state index contributed by atoms with van der Waals surface area (Å²) in [6, 6.07) is 12.1. The highest BCUT2D eigenvalue weighted by Gasteiger charge is 2.17. The van der Waals surface area contributed by atoms with Gasteiger partial charge in [-0.3, -0.25) is 14.9 Å². The van der Waals surface area contributed by atoms with Gasteiger partial charge in [0.15, 0.2) is 0 Å². The van der Waals surface area contributed by atoms with Crippen LogP contribution in [0.25, 0.3) is 21.3 Å². The summed E-state index contributed by atoms with van der Waals surface area (Å²) in [6.07, 6.45) is 1.40. The molecule has 2 aromatic heterocycles. The molecule has 0 unspecified atom stereocenters. The number of hydrogen-bond donors (Lipinski definition) is 2. The lowest BCUT2D eigenvalue weighted by Gasteiger charge is -2.10. The van der Waals surface area contributed by atoms with Gasteiger partial charge in [0.1, 0.15) is 17.0 Å². The van der Waals surface area contributed by atoms with Gasteiger partial charge in [0.25, 0.3) is 15.7 Å². The number of nitro groups is 1. The predicted molar refractivity (Wildman–Crippen MR) is 120 cm³/mol. The molecule has 0 radical (unpaired) electrons. The minimum Gasteiger partial charge on any atom is -0.340 e. The lowest BCUT2D eigenvalue weighted by atomic mass is 10.1. The predicted octanol–water partition coefficient (Wildman–Crippen LogP) is 3.83. The fraction of sp³-hybridized carbons (Fsp3) is 0.0500. The topological polar surface area (TPSA) is 144 Å². The number of non-ortho nitro benzene ring substituents is 1. The number of benzene rings is 2. The van der Waals surface area contributed by atoms with Crippen LogP contribution in [0.3, 0.4) is 0 Å². The number of nitro benzene ring substituents is 1. The van der Waals surface area contributed by atoms with E-state index in [1.807, 2.05) is 10.1 Å². The summed E-state index contributed by atoms with van der Waals surface area (Å²) in [7, 11) is -3.94. The lowest BCUT2D eigenvalue weighted by Crippen LogP contribution is -2.28. The van der Waals surface area contributed by atoms with Crippen LogP contribution in [0.15, 0.2) is 65.1 Å². The Morgan fingerprint density at radius 2 is 1.88 bits per heavy atom. The molecule has 0 fully saturated rings. The van der Waals surface area contributed by atoms with Gasteiger partial charge in [-0.15, -0.1) is 11.3 Å². The Hall–Kier alpha value is -3.90. The maximum absolute atomic E-state index is 12.1. The molecule has 0 atom stereocenters. The van der Waals surface area contributed by atoms with Crippen LogP contribution in [0.5, 0.6) is 0 Å². The number of rotatable bonds is 6. The minimum absolute atomic E-state index is 0.0239. The van der Waals surface area contributed by atoms with Crippen molar-refractivity contribution in [2.45, 2.75) is 11.8 Å². The Morgan fingerprint density at radius 3 is 2.56 bits per heavy atom. The van der Waals surface area contributed by atoms with E-state index in [4.69, 9.17) is 0 Å². The van der Waals surface area contributed by atoms with Gasteiger partial charge in [-0.2, -0.15) is 0 Å². The summed E-state index contributed by atoms with van der Waals surface area (Å²) in [6.45, 7) is 1.12. The monoisotopic (exact) mass is 469 g/mol. The van der Waals surface area contributed by atoms with Crippen molar-refractivity contribution >= 4 is 54.7 Å². The van der Waals surface area contributed by atoms with E-state index in [0.717, 1.165) is 12.5 Å². The molecule has 0 saturated heterocycles. The first-order valence-corrected chi connectivity index (χ1v) is 11.5. The highest BCUT2D eigenvalue weighted by molar-refractivity contribution is 7.90. The second-order valence-electron chi connectivity index (χ2n) is 6.67. The second-order valence-corrected chi connectivity index (χ2v) is 9.21. The summed E-state index contributed by atoms with van der Waals surface area (Å²) < 4.78 is 26.1. The minimum atomic E-state index is -3.94. The van der Waals surface area contributed by atoms with Crippen LogP contribution in [0, 0.1) is 10.1 Å². The third-order valence-electron chi connectivity index (χ3n) is 4.44. The van der Waals surface area contributed by atoms with E-state index in [9.17, 15) is 23.3 Å². The smallest absolute Gasteiger partial charge is 0.270 e. The van der Waals surface area contributed by atoms with Gasteiger partial charge in [-0.05, 0) is 29.8 Å². The standard InChI is InChI=1S/C20H15N5O5S2/c1-12(26)24-32(29,30)16-7-5-14(6-8-16)23-19-18-17(10-31-20(18)22-11-21-19)13-3-2-4-15(9-13)25(27)28/h2-11H,1H3,(H,24,26)(H,21,22,23). The number of aromatic nitrogens is 2. The highest BCUT2D eigenvalue weighted by atomic mass is 32.2. The molecule has 4 aromatic rings. The zero-order chi connectivity index (χ0) is 22.9. The molecule has 0 saturated carbocycles. The van der Waals surface area contributed by atoms with E-state index in [1.54, 1.807) is 24.3 Å². The quantitative estimate of drug-likeness (QED) is 0.320. The number of hydrogen-bond acceptors (Lipinski definition) is 9. The number of amides is 1. The van der Waals surface area contributed by atoms with Gasteiger partial charge >= 0.3 is 0 Å². The SMILES string of the molecule is CC(=O)NS(=O)(=O)c1ccc(Nc2ncnc3scc(-c4cccc([N+](=O)[O-])c4)c23)cc1. The summed E-state index contributed by atoms with van der Waals surface area (Å²) in [5.74, 6) is -0.211. The van der Waals surface area contributed by atoms with Crippen molar-refractivity contribution in [3.05, 3.63) is 70.4 Å². The average Bonchev–Trinajstić information content (AvgIpc) is 3.19. The molecule has 0 spiro atoms. The first kappa shape index (κ1) is 21.3. The molecule has 2 aromatic carbocycles. The van der Waals surface area contributed by atoms with Gasteiger partial charge in [0.2, 0.25) is 5.91 Å². The van der Waals surface area contributed by atoms with Crippen LogP contribution in [-0.2, 0) is 14.8 Å². The Bertz CT molecular complexity index is 1450. The first-order chi connectivity index (χ1) is 15.2. The third-order valence-corrected chi connectivity index (χ3v) is 6.78. The van der Waals surface area contributed by atoms with Crippen molar-refractivity contribution < 1.29 is 18.1 Å². The summed E-state index contributed by atoms with van der Waals surface area (Å²) in [5.41, 5.74) is 1.92.